The Morgan fingerprint density at radius 2 is 1.82 bits per heavy atom. The summed E-state index contributed by atoms with van der Waals surface area (Å²) in [6.45, 7) is 2.30. The molecule has 3 fully saturated rings. The van der Waals surface area contributed by atoms with Crippen LogP contribution in [0.4, 0.5) is 0 Å². The molecule has 0 aliphatic carbocycles. The number of phenolic OH excluding ortho intramolecular Hbond substituents is 1. The number of rotatable bonds is 2. The van der Waals surface area contributed by atoms with Crippen LogP contribution >= 0.6 is 0 Å². The Morgan fingerprint density at radius 1 is 1.18 bits per heavy atom. The fourth-order valence-electron chi connectivity index (χ4n) is 3.22. The SMILES string of the molecule is O=C1C2CC[NH+](CC2)[C@@H]1Cc1ccc(O)cc1. The summed E-state index contributed by atoms with van der Waals surface area (Å²) in [4.78, 5) is 13.7. The maximum atomic E-state index is 12.2. The van der Waals surface area contributed by atoms with E-state index < -0.39 is 0 Å². The second-order valence-electron chi connectivity index (χ2n) is 5.26. The normalized spacial score (nSPS) is 31.8. The second-order valence-corrected chi connectivity index (χ2v) is 5.26. The van der Waals surface area contributed by atoms with Gasteiger partial charge in [-0.3, -0.25) is 4.79 Å². The highest BCUT2D eigenvalue weighted by Gasteiger charge is 2.44. The van der Waals surface area contributed by atoms with E-state index in [4.69, 9.17) is 0 Å². The summed E-state index contributed by atoms with van der Waals surface area (Å²) in [5.41, 5.74) is 1.15. The summed E-state index contributed by atoms with van der Waals surface area (Å²) in [5, 5.41) is 9.25. The molecule has 3 heteroatoms. The van der Waals surface area contributed by atoms with Crippen molar-refractivity contribution in [1.29, 1.82) is 0 Å². The van der Waals surface area contributed by atoms with Crippen LogP contribution in [0.2, 0.25) is 0 Å². The van der Waals surface area contributed by atoms with Gasteiger partial charge in [-0.25, -0.2) is 0 Å². The molecule has 3 aliphatic rings. The zero-order valence-electron chi connectivity index (χ0n) is 9.86. The molecule has 90 valence electrons. The maximum Gasteiger partial charge on any atom is 0.193 e. The van der Waals surface area contributed by atoms with Gasteiger partial charge in [0.2, 0.25) is 0 Å². The molecule has 0 spiro atoms. The van der Waals surface area contributed by atoms with Gasteiger partial charge in [0.1, 0.15) is 5.75 Å². The van der Waals surface area contributed by atoms with E-state index in [-0.39, 0.29) is 11.8 Å². The molecule has 3 heterocycles. The van der Waals surface area contributed by atoms with Crippen LogP contribution in [-0.4, -0.2) is 30.0 Å². The van der Waals surface area contributed by atoms with Gasteiger partial charge < -0.3 is 10.0 Å². The molecule has 4 rings (SSSR count). The molecule has 3 nitrogen and oxygen atoms in total. The van der Waals surface area contributed by atoms with Crippen LogP contribution in [0.15, 0.2) is 24.3 Å². The van der Waals surface area contributed by atoms with Gasteiger partial charge >= 0.3 is 0 Å². The molecule has 1 atom stereocenters. The molecule has 2 bridgehead atoms. The number of phenols is 1. The minimum atomic E-state index is 0.159. The average molecular weight is 232 g/mol. The van der Waals surface area contributed by atoms with E-state index in [1.165, 1.54) is 4.90 Å². The molecule has 0 saturated carbocycles. The van der Waals surface area contributed by atoms with Crippen molar-refractivity contribution in [3.8, 4) is 5.75 Å². The van der Waals surface area contributed by atoms with E-state index in [1.54, 1.807) is 12.1 Å². The Balaban J connectivity index is 1.76. The van der Waals surface area contributed by atoms with Crippen molar-refractivity contribution < 1.29 is 14.8 Å². The van der Waals surface area contributed by atoms with E-state index in [0.29, 0.717) is 11.7 Å². The predicted molar refractivity (Wildman–Crippen MR) is 64.0 cm³/mol. The number of ketones is 1. The van der Waals surface area contributed by atoms with Crippen molar-refractivity contribution in [3.63, 3.8) is 0 Å². The summed E-state index contributed by atoms with van der Waals surface area (Å²) >= 11 is 0. The van der Waals surface area contributed by atoms with Gasteiger partial charge in [0, 0.05) is 25.2 Å². The lowest BCUT2D eigenvalue weighted by molar-refractivity contribution is -0.927. The quantitative estimate of drug-likeness (QED) is 0.764. The first kappa shape index (κ1) is 10.8. The van der Waals surface area contributed by atoms with Crippen molar-refractivity contribution >= 4 is 5.78 Å². The van der Waals surface area contributed by atoms with Crippen LogP contribution in [0.3, 0.4) is 0 Å². The lowest BCUT2D eigenvalue weighted by Gasteiger charge is -2.41. The smallest absolute Gasteiger partial charge is 0.193 e. The Hall–Kier alpha value is -1.35. The number of benzene rings is 1. The van der Waals surface area contributed by atoms with Crippen LogP contribution in [0.25, 0.3) is 0 Å². The fourth-order valence-corrected chi connectivity index (χ4v) is 3.22. The van der Waals surface area contributed by atoms with E-state index in [0.717, 1.165) is 37.9 Å². The number of aromatic hydroxyl groups is 1. The summed E-state index contributed by atoms with van der Waals surface area (Å²) in [6.07, 6.45) is 2.99. The van der Waals surface area contributed by atoms with E-state index in [9.17, 15) is 9.90 Å². The van der Waals surface area contributed by atoms with Gasteiger partial charge in [-0.1, -0.05) is 12.1 Å². The summed E-state index contributed by atoms with van der Waals surface area (Å²) in [7, 11) is 0. The molecule has 3 saturated heterocycles. The first-order valence-corrected chi connectivity index (χ1v) is 6.40. The van der Waals surface area contributed by atoms with Gasteiger partial charge in [0.15, 0.2) is 11.8 Å². The monoisotopic (exact) mass is 232 g/mol. The highest BCUT2D eigenvalue weighted by Crippen LogP contribution is 2.20. The van der Waals surface area contributed by atoms with E-state index in [1.807, 2.05) is 12.1 Å². The minimum Gasteiger partial charge on any atom is -0.508 e. The van der Waals surface area contributed by atoms with Gasteiger partial charge in [-0.15, -0.1) is 0 Å². The van der Waals surface area contributed by atoms with Crippen molar-refractivity contribution in [2.45, 2.75) is 25.3 Å². The molecule has 1 aromatic rings. The van der Waals surface area contributed by atoms with Crippen molar-refractivity contribution in [3.05, 3.63) is 29.8 Å². The lowest BCUT2D eigenvalue weighted by atomic mass is 9.80. The molecular formula is C14H18NO2+. The second kappa shape index (κ2) is 4.15. The topological polar surface area (TPSA) is 41.7 Å². The Morgan fingerprint density at radius 3 is 2.41 bits per heavy atom. The molecule has 0 radical (unpaired) electrons. The average Bonchev–Trinajstić information content (AvgIpc) is 2.37. The number of Topliss-reactive ketones (excluding diaryl/α,β-unsaturated/α-hetero) is 1. The Kier molecular flexibility index (Phi) is 2.63. The molecule has 2 N–H and O–H groups in total. The number of carbonyl (C=O) groups excluding carboxylic acids is 1. The number of quaternary nitrogens is 1. The van der Waals surface area contributed by atoms with Crippen molar-refractivity contribution in [1.82, 2.24) is 0 Å². The summed E-state index contributed by atoms with van der Waals surface area (Å²) < 4.78 is 0. The molecule has 0 aromatic heterocycles. The molecule has 1 aromatic carbocycles. The third-order valence-electron chi connectivity index (χ3n) is 4.24. The largest absolute Gasteiger partial charge is 0.508 e. The number of fused-ring (bicyclic) bond motifs is 3. The zero-order valence-corrected chi connectivity index (χ0v) is 9.86. The van der Waals surface area contributed by atoms with E-state index >= 15 is 0 Å². The zero-order chi connectivity index (χ0) is 11.8. The van der Waals surface area contributed by atoms with Gasteiger partial charge in [0.25, 0.3) is 0 Å². The molecule has 0 unspecified atom stereocenters. The van der Waals surface area contributed by atoms with Crippen molar-refractivity contribution in [2.24, 2.45) is 5.92 Å². The third kappa shape index (κ3) is 1.95. The standard InChI is InChI=1S/C14H17NO2/c16-12-3-1-10(2-4-12)9-13-14(17)11-5-7-15(13)8-6-11/h1-4,11,13,16H,5-9H2/p+1/t13-/m1/s1. The predicted octanol–water partition coefficient (Wildman–Crippen LogP) is 0.181. The van der Waals surface area contributed by atoms with Crippen molar-refractivity contribution in [2.75, 3.05) is 13.1 Å². The number of nitrogens with one attached hydrogen (secondary N) is 1. The molecular weight excluding hydrogens is 214 g/mol. The number of hydrogen-bond donors (Lipinski definition) is 2. The van der Waals surface area contributed by atoms with Gasteiger partial charge in [0.05, 0.1) is 13.1 Å². The Labute approximate surface area is 101 Å². The summed E-state index contributed by atoms with van der Waals surface area (Å²) in [6, 6.07) is 7.40. The fraction of sp³-hybridized carbons (Fsp3) is 0.500. The molecule has 3 aliphatic heterocycles. The van der Waals surface area contributed by atoms with Crippen LogP contribution in [-0.2, 0) is 11.2 Å². The first-order valence-electron chi connectivity index (χ1n) is 6.40. The number of hydrogen-bond acceptors (Lipinski definition) is 2. The van der Waals surface area contributed by atoms with Crippen LogP contribution in [0.5, 0.6) is 5.75 Å². The maximum absolute atomic E-state index is 12.2. The highest BCUT2D eigenvalue weighted by atomic mass is 16.3. The first-order chi connectivity index (χ1) is 8.24. The lowest BCUT2D eigenvalue weighted by Crippen LogP contribution is -3.20. The van der Waals surface area contributed by atoms with Gasteiger partial charge in [-0.05, 0) is 17.7 Å². The minimum absolute atomic E-state index is 0.159. The summed E-state index contributed by atoms with van der Waals surface area (Å²) in [5.74, 6) is 1.08. The third-order valence-corrected chi connectivity index (χ3v) is 4.24. The molecule has 0 amide bonds. The number of piperidine rings is 3. The van der Waals surface area contributed by atoms with E-state index in [2.05, 4.69) is 0 Å². The highest BCUT2D eigenvalue weighted by molar-refractivity contribution is 5.86. The van der Waals surface area contributed by atoms with Crippen LogP contribution < -0.4 is 4.90 Å². The number of carbonyl (C=O) groups is 1. The van der Waals surface area contributed by atoms with Gasteiger partial charge in [-0.2, -0.15) is 0 Å². The van der Waals surface area contributed by atoms with Crippen LogP contribution in [0, 0.1) is 5.92 Å². The Bertz CT molecular complexity index is 418. The van der Waals surface area contributed by atoms with Crippen LogP contribution in [0.1, 0.15) is 18.4 Å². The molecule has 17 heavy (non-hydrogen) atoms.